The van der Waals surface area contributed by atoms with Gasteiger partial charge in [-0.15, -0.1) is 11.3 Å². The zero-order chi connectivity index (χ0) is 11.5. The van der Waals surface area contributed by atoms with Crippen molar-refractivity contribution in [2.45, 2.75) is 38.3 Å². The van der Waals surface area contributed by atoms with Crippen molar-refractivity contribution in [3.63, 3.8) is 0 Å². The molecule has 1 aromatic rings. The lowest BCUT2D eigenvalue weighted by Crippen LogP contribution is -2.34. The van der Waals surface area contributed by atoms with Gasteiger partial charge in [0, 0.05) is 40.2 Å². The molecule has 1 aliphatic rings. The number of hydrogen-bond acceptors (Lipinski definition) is 3. The van der Waals surface area contributed by atoms with Crippen molar-refractivity contribution in [2.24, 2.45) is 0 Å². The molecule has 0 amide bonds. The summed E-state index contributed by atoms with van der Waals surface area (Å²) in [6.07, 6.45) is 3.59. The fraction of sp³-hybridized carbons (Fsp3) is 0.583. The van der Waals surface area contributed by atoms with Crippen LogP contribution in [0.4, 0.5) is 0 Å². The Kier molecular flexibility index (Phi) is 4.16. The van der Waals surface area contributed by atoms with E-state index in [9.17, 15) is 4.79 Å². The minimum absolute atomic E-state index is 0.434. The Labute approximate surface area is 109 Å². The normalized spacial score (nSPS) is 18.3. The summed E-state index contributed by atoms with van der Waals surface area (Å²) in [4.78, 5) is 14.9. The van der Waals surface area contributed by atoms with Crippen LogP contribution in [-0.2, 0) is 11.3 Å². The van der Waals surface area contributed by atoms with E-state index in [4.69, 9.17) is 0 Å². The van der Waals surface area contributed by atoms with Crippen molar-refractivity contribution in [2.75, 3.05) is 7.05 Å². The summed E-state index contributed by atoms with van der Waals surface area (Å²) < 4.78 is 1.17. The highest BCUT2D eigenvalue weighted by Crippen LogP contribution is 2.24. The molecule has 0 aromatic carbocycles. The molecule has 16 heavy (non-hydrogen) atoms. The van der Waals surface area contributed by atoms with E-state index in [2.05, 4.69) is 39.3 Å². The quantitative estimate of drug-likeness (QED) is 0.852. The standard InChI is InChI=1S/C12H16BrNOS/c1-14(7-12-6-9(13)8-16-12)10-2-4-11(15)5-3-10/h6,8,10H,2-5,7H2,1H3. The van der Waals surface area contributed by atoms with Crippen molar-refractivity contribution < 1.29 is 4.79 Å². The van der Waals surface area contributed by atoms with Gasteiger partial charge in [-0.3, -0.25) is 9.69 Å². The van der Waals surface area contributed by atoms with E-state index in [1.54, 1.807) is 11.3 Å². The Balaban J connectivity index is 1.88. The maximum absolute atomic E-state index is 11.2. The van der Waals surface area contributed by atoms with E-state index in [1.807, 2.05) is 0 Å². The second kappa shape index (κ2) is 5.43. The minimum atomic E-state index is 0.434. The number of thiophene rings is 1. The summed E-state index contributed by atoms with van der Waals surface area (Å²) in [6.45, 7) is 0.995. The number of Topliss-reactive ketones (excluding diaryl/α,β-unsaturated/α-hetero) is 1. The lowest BCUT2D eigenvalue weighted by molar-refractivity contribution is -0.121. The highest BCUT2D eigenvalue weighted by molar-refractivity contribution is 9.10. The van der Waals surface area contributed by atoms with Crippen LogP contribution >= 0.6 is 27.3 Å². The van der Waals surface area contributed by atoms with Crippen LogP contribution in [0.15, 0.2) is 15.9 Å². The predicted octanol–water partition coefficient (Wildman–Crippen LogP) is 3.45. The Morgan fingerprint density at radius 2 is 2.19 bits per heavy atom. The van der Waals surface area contributed by atoms with Crippen molar-refractivity contribution in [1.82, 2.24) is 4.90 Å². The molecule has 1 heterocycles. The van der Waals surface area contributed by atoms with Crippen LogP contribution in [0, 0.1) is 0 Å². The molecule has 88 valence electrons. The smallest absolute Gasteiger partial charge is 0.133 e. The van der Waals surface area contributed by atoms with Crippen LogP contribution in [0.3, 0.4) is 0 Å². The molecule has 0 aliphatic heterocycles. The first-order valence-electron chi connectivity index (χ1n) is 5.60. The van der Waals surface area contributed by atoms with E-state index >= 15 is 0 Å². The minimum Gasteiger partial charge on any atom is -0.300 e. The molecule has 0 radical (unpaired) electrons. The van der Waals surface area contributed by atoms with E-state index < -0.39 is 0 Å². The van der Waals surface area contributed by atoms with Gasteiger partial charge in [0.1, 0.15) is 5.78 Å². The summed E-state index contributed by atoms with van der Waals surface area (Å²) in [6, 6.07) is 2.76. The molecule has 0 bridgehead atoms. The predicted molar refractivity (Wildman–Crippen MR) is 70.7 cm³/mol. The van der Waals surface area contributed by atoms with E-state index in [0.717, 1.165) is 32.2 Å². The Bertz CT molecular complexity index is 367. The van der Waals surface area contributed by atoms with E-state index in [-0.39, 0.29) is 0 Å². The average molecular weight is 302 g/mol. The second-order valence-electron chi connectivity index (χ2n) is 4.42. The Hall–Kier alpha value is -0.190. The van der Waals surface area contributed by atoms with Gasteiger partial charge in [0.15, 0.2) is 0 Å². The summed E-state index contributed by atoms with van der Waals surface area (Å²) in [7, 11) is 2.16. The van der Waals surface area contributed by atoms with Crippen molar-refractivity contribution in [1.29, 1.82) is 0 Å². The van der Waals surface area contributed by atoms with Gasteiger partial charge in [-0.05, 0) is 41.9 Å². The Morgan fingerprint density at radius 3 is 2.75 bits per heavy atom. The Morgan fingerprint density at radius 1 is 1.50 bits per heavy atom. The molecular formula is C12H16BrNOS. The van der Waals surface area contributed by atoms with Gasteiger partial charge in [0.2, 0.25) is 0 Å². The highest BCUT2D eigenvalue weighted by atomic mass is 79.9. The lowest BCUT2D eigenvalue weighted by atomic mass is 9.93. The third-order valence-corrected chi connectivity index (χ3v) is 4.85. The first-order valence-corrected chi connectivity index (χ1v) is 7.27. The van der Waals surface area contributed by atoms with Gasteiger partial charge < -0.3 is 0 Å². The molecule has 2 nitrogen and oxygen atoms in total. The SMILES string of the molecule is CN(Cc1cc(Br)cs1)C1CCC(=O)CC1. The van der Waals surface area contributed by atoms with Crippen molar-refractivity contribution >= 4 is 33.0 Å². The third kappa shape index (κ3) is 3.15. The molecule has 0 N–H and O–H groups in total. The molecule has 4 heteroatoms. The van der Waals surface area contributed by atoms with Gasteiger partial charge in [-0.25, -0.2) is 0 Å². The summed E-state index contributed by atoms with van der Waals surface area (Å²) in [5, 5.41) is 2.12. The van der Waals surface area contributed by atoms with E-state index in [0.29, 0.717) is 11.8 Å². The van der Waals surface area contributed by atoms with Crippen LogP contribution in [0.25, 0.3) is 0 Å². The molecule has 1 saturated carbocycles. The lowest BCUT2D eigenvalue weighted by Gasteiger charge is -2.30. The first-order chi connectivity index (χ1) is 7.65. The average Bonchev–Trinajstić information content (AvgIpc) is 2.65. The molecule has 0 unspecified atom stereocenters. The monoisotopic (exact) mass is 301 g/mol. The van der Waals surface area contributed by atoms with Crippen LogP contribution in [0.5, 0.6) is 0 Å². The molecule has 0 spiro atoms. The molecule has 1 aliphatic carbocycles. The van der Waals surface area contributed by atoms with Crippen LogP contribution in [0.1, 0.15) is 30.6 Å². The van der Waals surface area contributed by atoms with Crippen LogP contribution in [-0.4, -0.2) is 23.8 Å². The van der Waals surface area contributed by atoms with Crippen LogP contribution in [0.2, 0.25) is 0 Å². The number of halogens is 1. The molecule has 1 fully saturated rings. The summed E-state index contributed by atoms with van der Waals surface area (Å²) >= 11 is 5.26. The zero-order valence-electron chi connectivity index (χ0n) is 9.41. The topological polar surface area (TPSA) is 20.3 Å². The largest absolute Gasteiger partial charge is 0.300 e. The number of carbonyl (C=O) groups excluding carboxylic acids is 1. The van der Waals surface area contributed by atoms with Gasteiger partial charge in [0.25, 0.3) is 0 Å². The highest BCUT2D eigenvalue weighted by Gasteiger charge is 2.22. The van der Waals surface area contributed by atoms with Gasteiger partial charge in [-0.2, -0.15) is 0 Å². The number of hydrogen-bond donors (Lipinski definition) is 0. The fourth-order valence-corrected chi connectivity index (χ4v) is 3.69. The summed E-state index contributed by atoms with van der Waals surface area (Å²) in [5.41, 5.74) is 0. The molecular weight excluding hydrogens is 286 g/mol. The summed E-state index contributed by atoms with van der Waals surface area (Å²) in [5.74, 6) is 0.434. The molecule has 2 rings (SSSR count). The number of ketones is 1. The van der Waals surface area contributed by atoms with Gasteiger partial charge in [-0.1, -0.05) is 0 Å². The first kappa shape index (κ1) is 12.3. The maximum Gasteiger partial charge on any atom is 0.133 e. The number of rotatable bonds is 3. The van der Waals surface area contributed by atoms with Crippen molar-refractivity contribution in [3.8, 4) is 0 Å². The molecule has 1 aromatic heterocycles. The maximum atomic E-state index is 11.2. The zero-order valence-corrected chi connectivity index (χ0v) is 11.8. The third-order valence-electron chi connectivity index (χ3n) is 3.16. The van der Waals surface area contributed by atoms with Gasteiger partial charge >= 0.3 is 0 Å². The molecule has 0 atom stereocenters. The van der Waals surface area contributed by atoms with Gasteiger partial charge in [0.05, 0.1) is 0 Å². The fourth-order valence-electron chi connectivity index (χ4n) is 2.18. The van der Waals surface area contributed by atoms with Crippen molar-refractivity contribution in [3.05, 3.63) is 20.8 Å². The number of nitrogens with zero attached hydrogens (tertiary/aromatic N) is 1. The second-order valence-corrected chi connectivity index (χ2v) is 6.33. The van der Waals surface area contributed by atoms with Crippen LogP contribution < -0.4 is 0 Å². The number of carbonyl (C=O) groups is 1. The molecule has 0 saturated heterocycles. The van der Waals surface area contributed by atoms with E-state index in [1.165, 1.54) is 9.35 Å².